The molecule has 0 unspecified atom stereocenters. The number of rotatable bonds is 5. The van der Waals surface area contributed by atoms with Crippen molar-refractivity contribution in [3.63, 3.8) is 0 Å². The third kappa shape index (κ3) is 2.32. The summed E-state index contributed by atoms with van der Waals surface area (Å²) in [5.74, 6) is 0.990. The van der Waals surface area contributed by atoms with E-state index in [1.54, 1.807) is 6.33 Å². The van der Waals surface area contributed by atoms with E-state index in [1.165, 1.54) is 16.5 Å². The van der Waals surface area contributed by atoms with Crippen LogP contribution in [0.5, 0.6) is 0 Å². The van der Waals surface area contributed by atoms with Gasteiger partial charge >= 0.3 is 0 Å². The average molecular weight is 269 g/mol. The molecular weight excluding hydrogens is 250 g/mol. The first-order chi connectivity index (χ1) is 9.81. The van der Waals surface area contributed by atoms with Gasteiger partial charge in [0.05, 0.1) is 6.54 Å². The molecule has 0 saturated carbocycles. The first-order valence-electron chi connectivity index (χ1n) is 6.91. The minimum absolute atomic E-state index is 0.753. The maximum absolute atomic E-state index is 4.34. The SMILES string of the molecule is CCn1ncnc1Cn1ccc2cc(CNC)ccc21. The third-order valence-electron chi connectivity index (χ3n) is 3.52. The summed E-state index contributed by atoms with van der Waals surface area (Å²) in [6, 6.07) is 8.72. The van der Waals surface area contributed by atoms with Crippen LogP contribution < -0.4 is 5.32 Å². The van der Waals surface area contributed by atoms with Crippen molar-refractivity contribution in [1.29, 1.82) is 0 Å². The second kappa shape index (κ2) is 5.46. The Kier molecular flexibility index (Phi) is 3.52. The molecular formula is C15H19N5. The molecule has 5 heteroatoms. The quantitative estimate of drug-likeness (QED) is 0.771. The summed E-state index contributed by atoms with van der Waals surface area (Å²) in [5.41, 5.74) is 2.53. The van der Waals surface area contributed by atoms with E-state index in [9.17, 15) is 0 Å². The molecule has 3 aromatic rings. The minimum Gasteiger partial charge on any atom is -0.340 e. The van der Waals surface area contributed by atoms with Gasteiger partial charge in [-0.2, -0.15) is 5.10 Å². The van der Waals surface area contributed by atoms with Gasteiger partial charge in [-0.15, -0.1) is 0 Å². The van der Waals surface area contributed by atoms with Crippen molar-refractivity contribution >= 4 is 10.9 Å². The molecule has 3 rings (SSSR count). The number of nitrogens with zero attached hydrogens (tertiary/aromatic N) is 4. The smallest absolute Gasteiger partial charge is 0.146 e. The number of aromatic nitrogens is 4. The number of hydrogen-bond acceptors (Lipinski definition) is 3. The molecule has 0 saturated heterocycles. The van der Waals surface area contributed by atoms with E-state index >= 15 is 0 Å². The Hall–Kier alpha value is -2.14. The Labute approximate surface area is 118 Å². The fourth-order valence-corrected chi connectivity index (χ4v) is 2.53. The van der Waals surface area contributed by atoms with Crippen LogP contribution in [0, 0.1) is 0 Å². The van der Waals surface area contributed by atoms with Crippen molar-refractivity contribution in [3.05, 3.63) is 48.2 Å². The number of benzene rings is 1. The van der Waals surface area contributed by atoms with Gasteiger partial charge in [-0.1, -0.05) is 6.07 Å². The van der Waals surface area contributed by atoms with Gasteiger partial charge in [0.25, 0.3) is 0 Å². The molecule has 0 aliphatic heterocycles. The maximum Gasteiger partial charge on any atom is 0.146 e. The van der Waals surface area contributed by atoms with Crippen LogP contribution in [-0.2, 0) is 19.6 Å². The highest BCUT2D eigenvalue weighted by Gasteiger charge is 2.07. The van der Waals surface area contributed by atoms with Crippen LogP contribution in [0.25, 0.3) is 10.9 Å². The van der Waals surface area contributed by atoms with Gasteiger partial charge in [-0.3, -0.25) is 0 Å². The van der Waals surface area contributed by atoms with Crippen LogP contribution in [-0.4, -0.2) is 26.4 Å². The lowest BCUT2D eigenvalue weighted by atomic mass is 10.1. The van der Waals surface area contributed by atoms with Crippen molar-refractivity contribution < 1.29 is 0 Å². The van der Waals surface area contributed by atoms with Crippen LogP contribution in [0.15, 0.2) is 36.8 Å². The Bertz CT molecular complexity index is 710. The van der Waals surface area contributed by atoms with Crippen LogP contribution in [0.2, 0.25) is 0 Å². The maximum atomic E-state index is 4.34. The molecule has 1 aromatic carbocycles. The standard InChI is InChI=1S/C15H19N5/c1-3-20-15(17-11-18-20)10-19-7-6-13-8-12(9-16-2)4-5-14(13)19/h4-8,11,16H,3,9-10H2,1-2H3. The molecule has 0 radical (unpaired) electrons. The largest absolute Gasteiger partial charge is 0.340 e. The summed E-state index contributed by atoms with van der Waals surface area (Å²) in [6.45, 7) is 4.57. The van der Waals surface area contributed by atoms with E-state index in [1.807, 2.05) is 11.7 Å². The highest BCUT2D eigenvalue weighted by molar-refractivity contribution is 5.80. The van der Waals surface area contributed by atoms with Crippen molar-refractivity contribution in [2.75, 3.05) is 7.05 Å². The monoisotopic (exact) mass is 269 g/mol. The Morgan fingerprint density at radius 1 is 1.25 bits per heavy atom. The lowest BCUT2D eigenvalue weighted by Gasteiger charge is -2.07. The zero-order chi connectivity index (χ0) is 13.9. The molecule has 0 bridgehead atoms. The summed E-state index contributed by atoms with van der Waals surface area (Å²) < 4.78 is 4.15. The van der Waals surface area contributed by atoms with Crippen LogP contribution in [0.3, 0.4) is 0 Å². The summed E-state index contributed by atoms with van der Waals surface area (Å²) in [6.07, 6.45) is 3.73. The number of aryl methyl sites for hydroxylation is 1. The summed E-state index contributed by atoms with van der Waals surface area (Å²) in [5, 5.41) is 8.66. The van der Waals surface area contributed by atoms with Gasteiger partial charge in [0.2, 0.25) is 0 Å². The van der Waals surface area contributed by atoms with E-state index in [4.69, 9.17) is 0 Å². The lowest BCUT2D eigenvalue weighted by Crippen LogP contribution is -2.08. The summed E-state index contributed by atoms with van der Waals surface area (Å²) in [7, 11) is 1.97. The summed E-state index contributed by atoms with van der Waals surface area (Å²) in [4.78, 5) is 4.34. The van der Waals surface area contributed by atoms with E-state index in [2.05, 4.69) is 57.4 Å². The third-order valence-corrected chi connectivity index (χ3v) is 3.52. The highest BCUT2D eigenvalue weighted by atomic mass is 15.3. The Morgan fingerprint density at radius 3 is 2.95 bits per heavy atom. The van der Waals surface area contributed by atoms with Gasteiger partial charge in [0.1, 0.15) is 12.2 Å². The first-order valence-corrected chi connectivity index (χ1v) is 6.91. The Balaban J connectivity index is 1.92. The number of nitrogens with one attached hydrogen (secondary N) is 1. The lowest BCUT2D eigenvalue weighted by molar-refractivity contribution is 0.597. The number of fused-ring (bicyclic) bond motifs is 1. The topological polar surface area (TPSA) is 47.7 Å². The molecule has 1 N–H and O–H groups in total. The molecule has 2 aromatic heterocycles. The zero-order valence-corrected chi connectivity index (χ0v) is 11.9. The van der Waals surface area contributed by atoms with Crippen LogP contribution >= 0.6 is 0 Å². The first kappa shape index (κ1) is 12.9. The highest BCUT2D eigenvalue weighted by Crippen LogP contribution is 2.18. The van der Waals surface area contributed by atoms with Gasteiger partial charge < -0.3 is 9.88 Å². The summed E-state index contributed by atoms with van der Waals surface area (Å²) >= 11 is 0. The van der Waals surface area contributed by atoms with Crippen molar-refractivity contribution in [3.8, 4) is 0 Å². The second-order valence-electron chi connectivity index (χ2n) is 4.86. The van der Waals surface area contributed by atoms with E-state index in [0.29, 0.717) is 0 Å². The fraction of sp³-hybridized carbons (Fsp3) is 0.333. The Morgan fingerprint density at radius 2 is 2.15 bits per heavy atom. The van der Waals surface area contributed by atoms with E-state index < -0.39 is 0 Å². The molecule has 20 heavy (non-hydrogen) atoms. The molecule has 104 valence electrons. The molecule has 0 amide bonds. The van der Waals surface area contributed by atoms with Crippen LogP contribution in [0.4, 0.5) is 0 Å². The van der Waals surface area contributed by atoms with E-state index in [-0.39, 0.29) is 0 Å². The van der Waals surface area contributed by atoms with Gasteiger partial charge in [0, 0.05) is 24.8 Å². The molecule has 0 aliphatic rings. The van der Waals surface area contributed by atoms with Gasteiger partial charge in [-0.25, -0.2) is 9.67 Å². The van der Waals surface area contributed by atoms with Gasteiger partial charge in [-0.05, 0) is 43.1 Å². The van der Waals surface area contributed by atoms with Gasteiger partial charge in [0.15, 0.2) is 0 Å². The molecule has 5 nitrogen and oxygen atoms in total. The van der Waals surface area contributed by atoms with Crippen LogP contribution in [0.1, 0.15) is 18.3 Å². The second-order valence-corrected chi connectivity index (χ2v) is 4.86. The molecule has 0 spiro atoms. The molecule has 2 heterocycles. The number of hydrogen-bond donors (Lipinski definition) is 1. The zero-order valence-electron chi connectivity index (χ0n) is 11.9. The normalized spacial score (nSPS) is 11.3. The van der Waals surface area contributed by atoms with Crippen molar-refractivity contribution in [2.45, 2.75) is 26.6 Å². The predicted octanol–water partition coefficient (Wildman–Crippen LogP) is 2.02. The minimum atomic E-state index is 0.753. The molecule has 0 atom stereocenters. The van der Waals surface area contributed by atoms with Crippen molar-refractivity contribution in [1.82, 2.24) is 24.6 Å². The van der Waals surface area contributed by atoms with E-state index in [0.717, 1.165) is 25.5 Å². The predicted molar refractivity (Wildman–Crippen MR) is 79.5 cm³/mol. The van der Waals surface area contributed by atoms with Crippen molar-refractivity contribution in [2.24, 2.45) is 0 Å². The fourth-order valence-electron chi connectivity index (χ4n) is 2.53. The average Bonchev–Trinajstić information content (AvgIpc) is 3.06. The molecule has 0 aliphatic carbocycles. The molecule has 0 fully saturated rings.